The third-order valence-electron chi connectivity index (χ3n) is 3.69. The highest BCUT2D eigenvalue weighted by atomic mass is 35.5. The Bertz CT molecular complexity index is 756. The Hall–Kier alpha value is -0.990. The van der Waals surface area contributed by atoms with Crippen LogP contribution in [0.15, 0.2) is 34.5 Å². The third-order valence-corrected chi connectivity index (χ3v) is 6.12. The van der Waals surface area contributed by atoms with E-state index in [0.29, 0.717) is 6.54 Å². The molecule has 0 bridgehead atoms. The fourth-order valence-corrected chi connectivity index (χ4v) is 4.43. The van der Waals surface area contributed by atoms with Gasteiger partial charge in [0, 0.05) is 29.2 Å². The summed E-state index contributed by atoms with van der Waals surface area (Å²) in [7, 11) is -3.48. The number of hydrogen-bond acceptors (Lipinski definition) is 5. The molecule has 1 atom stereocenters. The van der Waals surface area contributed by atoms with Gasteiger partial charge in [0.25, 0.3) is 0 Å². The van der Waals surface area contributed by atoms with Crippen molar-refractivity contribution in [1.82, 2.24) is 15.0 Å². The minimum Gasteiger partial charge on any atom is -0.313 e. The summed E-state index contributed by atoms with van der Waals surface area (Å²) in [5.74, 6) is 0. The van der Waals surface area contributed by atoms with Gasteiger partial charge in [-0.05, 0) is 38.4 Å². The lowest BCUT2D eigenvalue weighted by Gasteiger charge is -2.12. The van der Waals surface area contributed by atoms with Crippen molar-refractivity contribution >= 4 is 33.8 Å². The molecule has 0 saturated carbocycles. The Morgan fingerprint density at radius 3 is 2.91 bits per heavy atom. The molecule has 23 heavy (non-hydrogen) atoms. The van der Waals surface area contributed by atoms with E-state index in [1.807, 2.05) is 18.4 Å². The normalized spacial score (nSPS) is 17.9. The molecule has 1 fully saturated rings. The van der Waals surface area contributed by atoms with Gasteiger partial charge in [-0.3, -0.25) is 0 Å². The van der Waals surface area contributed by atoms with Crippen LogP contribution in [0.4, 0.5) is 0 Å². The molecule has 1 aromatic heterocycles. The second kappa shape index (κ2) is 7.72. The zero-order valence-electron chi connectivity index (χ0n) is 12.8. The number of nitrogens with zero attached hydrogens (tertiary/aromatic N) is 1. The van der Waals surface area contributed by atoms with Crippen molar-refractivity contribution in [2.24, 2.45) is 0 Å². The molecule has 1 aromatic carbocycles. The summed E-state index contributed by atoms with van der Waals surface area (Å²) < 4.78 is 27.5. The molecular weight excluding hydrogens is 354 g/mol. The van der Waals surface area contributed by atoms with Crippen LogP contribution in [0.5, 0.6) is 0 Å². The Kier molecular flexibility index (Phi) is 6.16. The van der Waals surface area contributed by atoms with Crippen molar-refractivity contribution in [2.45, 2.75) is 30.7 Å². The van der Waals surface area contributed by atoms with E-state index < -0.39 is 10.0 Å². The number of rotatable bonds is 5. The van der Waals surface area contributed by atoms with Crippen molar-refractivity contribution in [1.29, 1.82) is 0 Å². The maximum Gasteiger partial charge on any atom is 0.240 e. The maximum absolute atomic E-state index is 12.4. The Morgan fingerprint density at radius 1 is 1.43 bits per heavy atom. The first-order valence-corrected chi connectivity index (χ1v) is 9.66. The summed E-state index contributed by atoms with van der Waals surface area (Å²) >= 11 is 1.52. The molecule has 5 nitrogen and oxygen atoms in total. The van der Waals surface area contributed by atoms with Crippen LogP contribution < -0.4 is 10.0 Å². The zero-order chi connectivity index (χ0) is 15.6. The smallest absolute Gasteiger partial charge is 0.240 e. The maximum atomic E-state index is 12.4. The van der Waals surface area contributed by atoms with E-state index in [0.717, 1.165) is 35.7 Å². The molecule has 2 aromatic rings. The fourth-order valence-electron chi connectivity index (χ4n) is 2.51. The minimum absolute atomic E-state index is 0. The zero-order valence-corrected chi connectivity index (χ0v) is 15.2. The van der Waals surface area contributed by atoms with Gasteiger partial charge in [-0.2, -0.15) is 0 Å². The van der Waals surface area contributed by atoms with E-state index in [1.54, 1.807) is 18.2 Å². The van der Waals surface area contributed by atoms with Crippen molar-refractivity contribution in [2.75, 3.05) is 13.1 Å². The van der Waals surface area contributed by atoms with Gasteiger partial charge in [-0.15, -0.1) is 23.7 Å². The van der Waals surface area contributed by atoms with Gasteiger partial charge >= 0.3 is 0 Å². The molecule has 0 radical (unpaired) electrons. The van der Waals surface area contributed by atoms with Crippen molar-refractivity contribution < 1.29 is 8.42 Å². The minimum atomic E-state index is -3.48. The molecule has 2 N–H and O–H groups in total. The number of thiazole rings is 1. The Morgan fingerprint density at radius 2 is 2.26 bits per heavy atom. The van der Waals surface area contributed by atoms with Crippen LogP contribution in [0.3, 0.4) is 0 Å². The van der Waals surface area contributed by atoms with E-state index in [1.165, 1.54) is 11.3 Å². The average Bonchev–Trinajstić information content (AvgIpc) is 3.17. The highest BCUT2D eigenvalue weighted by molar-refractivity contribution is 7.89. The van der Waals surface area contributed by atoms with Crippen molar-refractivity contribution in [3.8, 4) is 10.6 Å². The molecule has 1 aliphatic heterocycles. The highest BCUT2D eigenvalue weighted by Gasteiger charge is 2.19. The molecule has 2 heterocycles. The molecule has 0 spiro atoms. The van der Waals surface area contributed by atoms with Gasteiger partial charge in [-0.25, -0.2) is 18.1 Å². The van der Waals surface area contributed by atoms with Crippen LogP contribution in [0.25, 0.3) is 10.6 Å². The molecule has 1 aliphatic rings. The van der Waals surface area contributed by atoms with Gasteiger partial charge < -0.3 is 5.32 Å². The van der Waals surface area contributed by atoms with Crippen LogP contribution in [-0.4, -0.2) is 32.5 Å². The number of aryl methyl sites for hydroxylation is 1. The van der Waals surface area contributed by atoms with Crippen LogP contribution in [0.2, 0.25) is 0 Å². The summed E-state index contributed by atoms with van der Waals surface area (Å²) in [6.45, 7) is 3.32. The lowest BCUT2D eigenvalue weighted by molar-refractivity contribution is 0.552. The number of nitrogens with one attached hydrogen (secondary N) is 2. The molecule has 1 saturated heterocycles. The number of hydrogen-bond donors (Lipinski definition) is 2. The lowest BCUT2D eigenvalue weighted by atomic mass is 10.2. The van der Waals surface area contributed by atoms with E-state index in [-0.39, 0.29) is 23.3 Å². The number of benzene rings is 1. The number of halogens is 1. The van der Waals surface area contributed by atoms with Gasteiger partial charge in [0.15, 0.2) is 0 Å². The topological polar surface area (TPSA) is 71.1 Å². The first-order chi connectivity index (χ1) is 10.5. The summed E-state index contributed by atoms with van der Waals surface area (Å²) in [5.41, 5.74) is 1.78. The van der Waals surface area contributed by atoms with Gasteiger partial charge in [0.1, 0.15) is 5.01 Å². The first kappa shape index (κ1) is 18.4. The molecule has 3 rings (SSSR count). The number of sulfonamides is 1. The fraction of sp³-hybridized carbons (Fsp3) is 0.400. The van der Waals surface area contributed by atoms with Crippen molar-refractivity contribution in [3.63, 3.8) is 0 Å². The predicted molar refractivity (Wildman–Crippen MR) is 95.7 cm³/mol. The Labute approximate surface area is 147 Å². The second-order valence-corrected chi connectivity index (χ2v) is 8.09. The standard InChI is InChI=1S/C15H19N3O2S2.ClH/c1-11-10-21-15(18-11)12-4-2-6-14(8-12)22(19,20)17-9-13-5-3-7-16-13;/h2,4,6,8,10,13,16-17H,3,5,7,9H2,1H3;1H. The lowest BCUT2D eigenvalue weighted by Crippen LogP contribution is -2.37. The van der Waals surface area contributed by atoms with Gasteiger partial charge in [0.2, 0.25) is 10.0 Å². The quantitative estimate of drug-likeness (QED) is 0.845. The van der Waals surface area contributed by atoms with Gasteiger partial charge in [-0.1, -0.05) is 12.1 Å². The largest absolute Gasteiger partial charge is 0.313 e. The van der Waals surface area contributed by atoms with E-state index >= 15 is 0 Å². The predicted octanol–water partition coefficient (Wildman–Crippen LogP) is 2.57. The van der Waals surface area contributed by atoms with Crippen molar-refractivity contribution in [3.05, 3.63) is 35.3 Å². The summed E-state index contributed by atoms with van der Waals surface area (Å²) in [4.78, 5) is 4.69. The SMILES string of the molecule is Cc1csc(-c2cccc(S(=O)(=O)NCC3CCCN3)c2)n1.Cl. The monoisotopic (exact) mass is 373 g/mol. The van der Waals surface area contributed by atoms with Gasteiger partial charge in [0.05, 0.1) is 4.90 Å². The van der Waals surface area contributed by atoms with E-state index in [2.05, 4.69) is 15.0 Å². The molecule has 0 aliphatic carbocycles. The van der Waals surface area contributed by atoms with Crippen LogP contribution in [0, 0.1) is 6.92 Å². The van der Waals surface area contributed by atoms with E-state index in [9.17, 15) is 8.42 Å². The molecular formula is C15H20ClN3O2S2. The van der Waals surface area contributed by atoms with E-state index in [4.69, 9.17) is 0 Å². The first-order valence-electron chi connectivity index (χ1n) is 7.30. The molecule has 8 heteroatoms. The Balaban J connectivity index is 0.00000192. The summed E-state index contributed by atoms with van der Waals surface area (Å²) in [6, 6.07) is 7.18. The molecule has 126 valence electrons. The molecule has 0 amide bonds. The highest BCUT2D eigenvalue weighted by Crippen LogP contribution is 2.25. The summed E-state index contributed by atoms with van der Waals surface area (Å²) in [5, 5.41) is 6.08. The summed E-state index contributed by atoms with van der Waals surface area (Å²) in [6.07, 6.45) is 2.12. The third kappa shape index (κ3) is 4.51. The van der Waals surface area contributed by atoms with Crippen LogP contribution in [0.1, 0.15) is 18.5 Å². The van der Waals surface area contributed by atoms with Crippen LogP contribution >= 0.6 is 23.7 Å². The average molecular weight is 374 g/mol. The van der Waals surface area contributed by atoms with Crippen LogP contribution in [-0.2, 0) is 10.0 Å². The second-order valence-electron chi connectivity index (χ2n) is 5.47. The number of aromatic nitrogens is 1. The molecule has 1 unspecified atom stereocenters.